The topological polar surface area (TPSA) is 58.6 Å². The Morgan fingerprint density at radius 2 is 1.93 bits per heavy atom. The van der Waals surface area contributed by atoms with Crippen molar-refractivity contribution >= 4 is 11.8 Å². The molecule has 0 aromatic heterocycles. The number of amides is 2. The van der Waals surface area contributed by atoms with Crippen LogP contribution in [0.15, 0.2) is 42.5 Å². The van der Waals surface area contributed by atoms with E-state index in [4.69, 9.17) is 4.74 Å². The molecular formula is C22H25FN2O3. The van der Waals surface area contributed by atoms with Gasteiger partial charge in [-0.05, 0) is 24.3 Å². The van der Waals surface area contributed by atoms with Crippen molar-refractivity contribution in [2.24, 2.45) is 5.41 Å². The van der Waals surface area contributed by atoms with Gasteiger partial charge in [0.1, 0.15) is 18.2 Å². The van der Waals surface area contributed by atoms with E-state index >= 15 is 0 Å². The van der Waals surface area contributed by atoms with E-state index < -0.39 is 5.41 Å². The number of ether oxygens (including phenoxy) is 1. The van der Waals surface area contributed by atoms with Crippen molar-refractivity contribution in [3.05, 3.63) is 65.0 Å². The lowest BCUT2D eigenvalue weighted by molar-refractivity contribution is -0.140. The van der Waals surface area contributed by atoms with Crippen LogP contribution in [0.4, 0.5) is 4.39 Å². The zero-order valence-corrected chi connectivity index (χ0v) is 16.4. The second kappa shape index (κ2) is 8.00. The van der Waals surface area contributed by atoms with Gasteiger partial charge in [0, 0.05) is 35.2 Å². The van der Waals surface area contributed by atoms with E-state index in [9.17, 15) is 14.0 Å². The summed E-state index contributed by atoms with van der Waals surface area (Å²) in [7, 11) is 0. The summed E-state index contributed by atoms with van der Waals surface area (Å²) in [6, 6.07) is 11.5. The van der Waals surface area contributed by atoms with Crippen molar-refractivity contribution in [3.8, 4) is 5.75 Å². The zero-order chi connectivity index (χ0) is 20.3. The van der Waals surface area contributed by atoms with Crippen LogP contribution in [0.1, 0.15) is 42.3 Å². The summed E-state index contributed by atoms with van der Waals surface area (Å²) >= 11 is 0. The van der Waals surface area contributed by atoms with Crippen LogP contribution in [0.25, 0.3) is 0 Å². The average Bonchev–Trinajstić information content (AvgIpc) is 2.87. The number of hydrogen-bond acceptors (Lipinski definition) is 3. The lowest BCUT2D eigenvalue weighted by Crippen LogP contribution is -2.40. The smallest absolute Gasteiger partial charge is 0.251 e. The van der Waals surface area contributed by atoms with Gasteiger partial charge in [0.15, 0.2) is 0 Å². The number of fused-ring (bicyclic) bond motifs is 1. The Morgan fingerprint density at radius 3 is 2.64 bits per heavy atom. The first-order valence-corrected chi connectivity index (χ1v) is 9.32. The fourth-order valence-corrected chi connectivity index (χ4v) is 3.10. The first kappa shape index (κ1) is 19.9. The number of carbonyl (C=O) groups is 2. The maximum absolute atomic E-state index is 13.7. The van der Waals surface area contributed by atoms with Gasteiger partial charge in [-0.25, -0.2) is 4.39 Å². The summed E-state index contributed by atoms with van der Waals surface area (Å²) in [6.45, 7) is 7.05. The molecule has 1 aliphatic heterocycles. The summed E-state index contributed by atoms with van der Waals surface area (Å²) in [4.78, 5) is 26.9. The molecule has 0 atom stereocenters. The van der Waals surface area contributed by atoms with Gasteiger partial charge in [-0.2, -0.15) is 0 Å². The monoisotopic (exact) mass is 384 g/mol. The number of hydrogen-bond donors (Lipinski definition) is 1. The molecule has 0 fully saturated rings. The molecule has 1 heterocycles. The second-order valence-electron chi connectivity index (χ2n) is 7.92. The highest BCUT2D eigenvalue weighted by molar-refractivity contribution is 5.94. The molecule has 0 saturated heterocycles. The molecule has 0 radical (unpaired) electrons. The van der Waals surface area contributed by atoms with E-state index in [1.165, 1.54) is 6.07 Å². The Hall–Kier alpha value is -2.89. The van der Waals surface area contributed by atoms with Gasteiger partial charge in [0.25, 0.3) is 5.91 Å². The van der Waals surface area contributed by atoms with Crippen LogP contribution in [0.2, 0.25) is 0 Å². The third-order valence-electron chi connectivity index (χ3n) is 4.63. The Morgan fingerprint density at radius 1 is 1.18 bits per heavy atom. The highest BCUT2D eigenvalue weighted by Crippen LogP contribution is 2.27. The van der Waals surface area contributed by atoms with E-state index in [0.717, 1.165) is 5.56 Å². The molecule has 1 N–H and O–H groups in total. The standard InChI is InChI=1S/C22H25FN2O3/c1-22(2,3)21(27)25-10-11-28-19-9-8-15(12-17(19)14-25)20(26)24-13-16-6-4-5-7-18(16)23/h4-9,12H,10-11,13-14H2,1-3H3,(H,24,26). The van der Waals surface area contributed by atoms with Gasteiger partial charge < -0.3 is 15.0 Å². The number of carbonyl (C=O) groups excluding carboxylic acids is 2. The average molecular weight is 384 g/mol. The summed E-state index contributed by atoms with van der Waals surface area (Å²) in [5.41, 5.74) is 1.17. The molecule has 0 unspecified atom stereocenters. The lowest BCUT2D eigenvalue weighted by atomic mass is 9.94. The van der Waals surface area contributed by atoms with Gasteiger partial charge in [0.05, 0.1) is 6.54 Å². The lowest BCUT2D eigenvalue weighted by Gasteiger charge is -2.27. The number of benzene rings is 2. The van der Waals surface area contributed by atoms with Crippen molar-refractivity contribution in [2.75, 3.05) is 13.2 Å². The molecule has 3 rings (SSSR count). The summed E-state index contributed by atoms with van der Waals surface area (Å²) in [6.07, 6.45) is 0. The van der Waals surface area contributed by atoms with Crippen molar-refractivity contribution < 1.29 is 18.7 Å². The van der Waals surface area contributed by atoms with Gasteiger partial charge in [0.2, 0.25) is 5.91 Å². The predicted molar refractivity (Wildman–Crippen MR) is 104 cm³/mol. The summed E-state index contributed by atoms with van der Waals surface area (Å²) < 4.78 is 19.5. The number of rotatable bonds is 3. The molecule has 0 aliphatic carbocycles. The van der Waals surface area contributed by atoms with Crippen molar-refractivity contribution in [3.63, 3.8) is 0 Å². The molecule has 28 heavy (non-hydrogen) atoms. The normalized spacial score (nSPS) is 13.9. The Balaban J connectivity index is 1.75. The third kappa shape index (κ3) is 4.50. The van der Waals surface area contributed by atoms with E-state index in [2.05, 4.69) is 5.32 Å². The van der Waals surface area contributed by atoms with Crippen LogP contribution in [0, 0.1) is 11.2 Å². The first-order chi connectivity index (χ1) is 13.3. The largest absolute Gasteiger partial charge is 0.491 e. The molecule has 0 spiro atoms. The van der Waals surface area contributed by atoms with Crippen molar-refractivity contribution in [1.29, 1.82) is 0 Å². The minimum atomic E-state index is -0.487. The first-order valence-electron chi connectivity index (χ1n) is 9.32. The fraction of sp³-hybridized carbons (Fsp3) is 0.364. The van der Waals surface area contributed by atoms with Crippen molar-refractivity contribution in [2.45, 2.75) is 33.9 Å². The Kier molecular flexibility index (Phi) is 5.68. The third-order valence-corrected chi connectivity index (χ3v) is 4.63. The molecule has 2 aromatic rings. The molecule has 5 nitrogen and oxygen atoms in total. The molecule has 148 valence electrons. The molecule has 2 amide bonds. The molecule has 6 heteroatoms. The van der Waals surface area contributed by atoms with Gasteiger partial charge in [-0.15, -0.1) is 0 Å². The van der Waals surface area contributed by atoms with E-state index in [-0.39, 0.29) is 24.2 Å². The quantitative estimate of drug-likeness (QED) is 0.881. The van der Waals surface area contributed by atoms with E-state index in [1.54, 1.807) is 41.3 Å². The second-order valence-corrected chi connectivity index (χ2v) is 7.92. The van der Waals surface area contributed by atoms with Crippen LogP contribution >= 0.6 is 0 Å². The number of halogens is 1. The maximum atomic E-state index is 13.7. The summed E-state index contributed by atoms with van der Waals surface area (Å²) in [5.74, 6) is 0.0617. The van der Waals surface area contributed by atoms with Gasteiger partial charge in [-0.3, -0.25) is 9.59 Å². The van der Waals surface area contributed by atoms with Crippen LogP contribution in [-0.2, 0) is 17.9 Å². The molecule has 0 bridgehead atoms. The molecule has 2 aromatic carbocycles. The SMILES string of the molecule is CC(C)(C)C(=O)N1CCOc2ccc(C(=O)NCc3ccccc3F)cc2C1. The van der Waals surface area contributed by atoms with Crippen LogP contribution in [-0.4, -0.2) is 29.9 Å². The summed E-state index contributed by atoms with van der Waals surface area (Å²) in [5, 5.41) is 2.74. The maximum Gasteiger partial charge on any atom is 0.251 e. The van der Waals surface area contributed by atoms with Gasteiger partial charge >= 0.3 is 0 Å². The fourth-order valence-electron chi connectivity index (χ4n) is 3.10. The molecular weight excluding hydrogens is 359 g/mol. The highest BCUT2D eigenvalue weighted by atomic mass is 19.1. The predicted octanol–water partition coefficient (Wildman–Crippen LogP) is 3.52. The minimum Gasteiger partial charge on any atom is -0.491 e. The highest BCUT2D eigenvalue weighted by Gasteiger charge is 2.29. The van der Waals surface area contributed by atoms with Crippen molar-refractivity contribution in [1.82, 2.24) is 10.2 Å². The van der Waals surface area contributed by atoms with E-state index in [0.29, 0.717) is 36.6 Å². The Labute approximate surface area is 164 Å². The number of nitrogens with zero attached hydrogens (tertiary/aromatic N) is 1. The van der Waals surface area contributed by atoms with E-state index in [1.807, 2.05) is 20.8 Å². The van der Waals surface area contributed by atoms with Crippen LogP contribution in [0.3, 0.4) is 0 Å². The van der Waals surface area contributed by atoms with Gasteiger partial charge in [-0.1, -0.05) is 39.0 Å². The number of nitrogens with one attached hydrogen (secondary N) is 1. The van der Waals surface area contributed by atoms with Crippen LogP contribution in [0.5, 0.6) is 5.75 Å². The van der Waals surface area contributed by atoms with Crippen LogP contribution < -0.4 is 10.1 Å². The molecule has 1 aliphatic rings. The molecule has 0 saturated carbocycles. The zero-order valence-electron chi connectivity index (χ0n) is 16.4. The Bertz CT molecular complexity index is 890. The minimum absolute atomic E-state index is 0.0401.